The lowest BCUT2D eigenvalue weighted by atomic mass is 9.98. The summed E-state index contributed by atoms with van der Waals surface area (Å²) in [5.41, 5.74) is 10.0. The number of para-hydroxylation sites is 1. The van der Waals surface area contributed by atoms with Crippen molar-refractivity contribution in [1.29, 1.82) is 0 Å². The van der Waals surface area contributed by atoms with Crippen LogP contribution in [0, 0.1) is 11.8 Å². The fraction of sp³-hybridized carbons (Fsp3) is 0.227. The summed E-state index contributed by atoms with van der Waals surface area (Å²) in [6.07, 6.45) is 3.19. The second kappa shape index (κ2) is 19.1. The van der Waals surface area contributed by atoms with E-state index in [1.54, 1.807) is 55.6 Å². The van der Waals surface area contributed by atoms with Gasteiger partial charge in [0.05, 0.1) is 23.1 Å². The minimum Gasteiger partial charge on any atom is -0.363 e. The first-order valence-corrected chi connectivity index (χ1v) is 19.0. The zero-order chi connectivity index (χ0) is 41.9. The van der Waals surface area contributed by atoms with Gasteiger partial charge in [0.15, 0.2) is 11.6 Å². The number of nitroso groups, excluding NO2 is 1. The van der Waals surface area contributed by atoms with E-state index >= 15 is 0 Å². The van der Waals surface area contributed by atoms with Crippen LogP contribution in [0.3, 0.4) is 0 Å². The summed E-state index contributed by atoms with van der Waals surface area (Å²) >= 11 is 0. The molecule has 300 valence electrons. The zero-order valence-electron chi connectivity index (χ0n) is 32.5. The topological polar surface area (TPSA) is 213 Å². The van der Waals surface area contributed by atoms with Gasteiger partial charge in [-0.25, -0.2) is 14.3 Å². The molecule has 0 aliphatic carbocycles. The van der Waals surface area contributed by atoms with Crippen LogP contribution in [-0.2, 0) is 33.6 Å². The van der Waals surface area contributed by atoms with E-state index in [9.17, 15) is 28.9 Å². The Morgan fingerprint density at radius 2 is 1.29 bits per heavy atom. The molecule has 3 unspecified atom stereocenters. The summed E-state index contributed by atoms with van der Waals surface area (Å²) in [7, 11) is 0. The molecule has 0 aliphatic heterocycles. The van der Waals surface area contributed by atoms with Gasteiger partial charge in [-0.15, -0.1) is 0 Å². The standard InChI is InChI=1S/C44H43N9O6/c1-28(34-25-38(52(51-34)33-16-10-5-11-17-33)44(58)49-36(41(55)42(45)56)24-31-14-8-4-9-15-31)18-19-32-20-21-40(46-26-32)53-37(22-29(2)50-53)43(57)48-35(39(54)27-47-59)23-30-12-6-3-7-13-30/h3-17,20-22,25-26,28,35-36H,18-19,23-24,27H2,1-2H3,(H2,45,56)(H,48,57)(H,49,58). The molecule has 0 radical (unpaired) electrons. The Kier molecular flexibility index (Phi) is 13.4. The molecule has 3 atom stereocenters. The molecule has 3 aromatic heterocycles. The number of nitrogens with zero attached hydrogens (tertiary/aromatic N) is 6. The van der Waals surface area contributed by atoms with Crippen molar-refractivity contribution in [1.82, 2.24) is 35.2 Å². The van der Waals surface area contributed by atoms with Crippen LogP contribution >= 0.6 is 0 Å². The molecular weight excluding hydrogens is 751 g/mol. The number of ketones is 2. The molecule has 6 rings (SSSR count). The van der Waals surface area contributed by atoms with Crippen molar-refractivity contribution in [3.8, 4) is 11.5 Å². The van der Waals surface area contributed by atoms with E-state index < -0.39 is 47.9 Å². The number of nitrogens with two attached hydrogens (primary N) is 1. The minimum absolute atomic E-state index is 0.0784. The van der Waals surface area contributed by atoms with Crippen molar-refractivity contribution in [2.24, 2.45) is 10.9 Å². The second-order valence-corrected chi connectivity index (χ2v) is 14.2. The predicted octanol–water partition coefficient (Wildman–Crippen LogP) is 4.57. The maximum absolute atomic E-state index is 13.8. The van der Waals surface area contributed by atoms with Crippen molar-refractivity contribution in [3.63, 3.8) is 0 Å². The summed E-state index contributed by atoms with van der Waals surface area (Å²) in [4.78, 5) is 80.4. The number of pyridine rings is 1. The molecule has 0 spiro atoms. The first-order chi connectivity index (χ1) is 28.5. The van der Waals surface area contributed by atoms with Crippen molar-refractivity contribution in [2.45, 2.75) is 57.5 Å². The monoisotopic (exact) mass is 793 g/mol. The molecule has 3 amide bonds. The van der Waals surface area contributed by atoms with Gasteiger partial charge in [0.25, 0.3) is 17.7 Å². The number of carbonyl (C=O) groups is 5. The molecule has 0 fully saturated rings. The normalized spacial score (nSPS) is 12.5. The number of amides is 3. The van der Waals surface area contributed by atoms with E-state index in [0.29, 0.717) is 35.7 Å². The third kappa shape index (κ3) is 10.5. The number of nitrogens with one attached hydrogen (secondary N) is 2. The molecule has 0 saturated carbocycles. The van der Waals surface area contributed by atoms with Crippen LogP contribution in [0.5, 0.6) is 0 Å². The number of benzene rings is 3. The summed E-state index contributed by atoms with van der Waals surface area (Å²) in [5, 5.41) is 17.5. The quantitative estimate of drug-likeness (QED) is 0.0773. The molecule has 0 saturated heterocycles. The average Bonchev–Trinajstić information content (AvgIpc) is 3.88. The van der Waals surface area contributed by atoms with E-state index in [2.05, 4.69) is 25.9 Å². The van der Waals surface area contributed by atoms with Gasteiger partial charge >= 0.3 is 0 Å². The van der Waals surface area contributed by atoms with Gasteiger partial charge in [0, 0.05) is 18.5 Å². The van der Waals surface area contributed by atoms with E-state index in [4.69, 9.17) is 10.8 Å². The van der Waals surface area contributed by atoms with Crippen molar-refractivity contribution in [2.75, 3.05) is 6.54 Å². The van der Waals surface area contributed by atoms with Crippen LogP contribution in [0.1, 0.15) is 68.3 Å². The lowest BCUT2D eigenvalue weighted by molar-refractivity contribution is -0.137. The highest BCUT2D eigenvalue weighted by atomic mass is 16.3. The largest absolute Gasteiger partial charge is 0.363 e. The van der Waals surface area contributed by atoms with Crippen LogP contribution < -0.4 is 16.4 Å². The molecule has 3 heterocycles. The zero-order valence-corrected chi connectivity index (χ0v) is 32.5. The number of primary amides is 1. The van der Waals surface area contributed by atoms with Crippen LogP contribution in [0.4, 0.5) is 0 Å². The number of carbonyl (C=O) groups excluding carboxylic acids is 5. The van der Waals surface area contributed by atoms with Gasteiger partial charge in [-0.1, -0.05) is 97.0 Å². The number of aromatic nitrogens is 5. The maximum Gasteiger partial charge on any atom is 0.287 e. The Labute approximate surface area is 340 Å². The molecule has 59 heavy (non-hydrogen) atoms. The Hall–Kier alpha value is -7.42. The highest BCUT2D eigenvalue weighted by Crippen LogP contribution is 2.24. The molecule has 3 aromatic carbocycles. The van der Waals surface area contributed by atoms with Gasteiger partial charge < -0.3 is 16.4 Å². The number of hydrogen-bond donors (Lipinski definition) is 3. The average molecular weight is 794 g/mol. The number of Topliss-reactive ketones (excluding diaryl/α,β-unsaturated/α-hetero) is 2. The highest BCUT2D eigenvalue weighted by molar-refractivity contribution is 6.38. The number of hydrogen-bond acceptors (Lipinski definition) is 10. The molecule has 15 nitrogen and oxygen atoms in total. The van der Waals surface area contributed by atoms with Gasteiger partial charge in [-0.3, -0.25) is 24.0 Å². The van der Waals surface area contributed by atoms with Crippen LogP contribution in [0.2, 0.25) is 0 Å². The SMILES string of the molecule is Cc1cc(C(=O)NC(Cc2ccccc2)C(=O)CN=O)n(-c2ccc(CCC(C)c3cc(C(=O)NC(Cc4ccccc4)C(=O)C(N)=O)n(-c4ccccc4)n3)cn2)n1. The van der Waals surface area contributed by atoms with E-state index in [-0.39, 0.29) is 30.1 Å². The summed E-state index contributed by atoms with van der Waals surface area (Å²) in [6.45, 7) is 3.16. The van der Waals surface area contributed by atoms with Crippen molar-refractivity contribution in [3.05, 3.63) is 166 Å². The number of aryl methyl sites for hydroxylation is 2. The van der Waals surface area contributed by atoms with Crippen LogP contribution in [0.25, 0.3) is 11.5 Å². The molecule has 0 aliphatic rings. The molecule has 6 aromatic rings. The van der Waals surface area contributed by atoms with Crippen LogP contribution in [-0.4, -0.2) is 72.5 Å². The third-order valence-corrected chi connectivity index (χ3v) is 9.77. The summed E-state index contributed by atoms with van der Waals surface area (Å²) in [5.74, 6) is -3.44. The summed E-state index contributed by atoms with van der Waals surface area (Å²) in [6, 6.07) is 32.0. The lowest BCUT2D eigenvalue weighted by Gasteiger charge is -2.17. The van der Waals surface area contributed by atoms with E-state index in [0.717, 1.165) is 16.7 Å². The van der Waals surface area contributed by atoms with Crippen molar-refractivity contribution >= 4 is 29.3 Å². The highest BCUT2D eigenvalue weighted by Gasteiger charge is 2.29. The Balaban J connectivity index is 1.16. The van der Waals surface area contributed by atoms with Crippen molar-refractivity contribution < 1.29 is 24.0 Å². The Bertz CT molecular complexity index is 2430. The fourth-order valence-corrected chi connectivity index (χ4v) is 6.59. The van der Waals surface area contributed by atoms with Gasteiger partial charge in [-0.05, 0) is 73.2 Å². The molecule has 4 N–H and O–H groups in total. The van der Waals surface area contributed by atoms with Crippen LogP contribution in [0.15, 0.2) is 127 Å². The first-order valence-electron chi connectivity index (χ1n) is 19.0. The Morgan fingerprint density at radius 3 is 1.86 bits per heavy atom. The predicted molar refractivity (Wildman–Crippen MR) is 219 cm³/mol. The maximum atomic E-state index is 13.8. The van der Waals surface area contributed by atoms with Gasteiger partial charge in [0.2, 0.25) is 5.78 Å². The lowest BCUT2D eigenvalue weighted by Crippen LogP contribution is -2.47. The molecule has 15 heteroatoms. The molecular formula is C44H43N9O6. The second-order valence-electron chi connectivity index (χ2n) is 14.2. The van der Waals surface area contributed by atoms with Gasteiger partial charge in [0.1, 0.15) is 24.0 Å². The summed E-state index contributed by atoms with van der Waals surface area (Å²) < 4.78 is 2.92. The molecule has 0 bridgehead atoms. The minimum atomic E-state index is -1.18. The van der Waals surface area contributed by atoms with Gasteiger partial charge in [-0.2, -0.15) is 15.1 Å². The fourth-order valence-electron chi connectivity index (χ4n) is 6.59. The third-order valence-electron chi connectivity index (χ3n) is 9.77. The van der Waals surface area contributed by atoms with E-state index in [1.807, 2.05) is 79.7 Å². The van der Waals surface area contributed by atoms with E-state index in [1.165, 1.54) is 9.36 Å². The first kappa shape index (κ1) is 41.2. The Morgan fingerprint density at radius 1 is 0.712 bits per heavy atom. The smallest absolute Gasteiger partial charge is 0.287 e. The number of rotatable bonds is 19.